The van der Waals surface area contributed by atoms with Gasteiger partial charge >= 0.3 is 6.09 Å². The Hall–Kier alpha value is -3.27. The van der Waals surface area contributed by atoms with Crippen LogP contribution in [0.1, 0.15) is 44.6 Å². The molecule has 2 aliphatic heterocycles. The number of hydrogen-bond acceptors (Lipinski definition) is 9. The Labute approximate surface area is 226 Å². The van der Waals surface area contributed by atoms with E-state index in [4.69, 9.17) is 19.4 Å². The molecular formula is C25H30F3N5O7. The molecule has 1 saturated carbocycles. The lowest BCUT2D eigenvalue weighted by atomic mass is 9.78. The number of hydrogen-bond donors (Lipinski definition) is 4. The van der Waals surface area contributed by atoms with Gasteiger partial charge in [-0.2, -0.15) is 0 Å². The molecule has 3 heterocycles. The van der Waals surface area contributed by atoms with Gasteiger partial charge < -0.3 is 34.9 Å². The molecule has 5 atom stereocenters. The highest BCUT2D eigenvalue weighted by Crippen LogP contribution is 2.41. The third kappa shape index (κ3) is 5.38. The van der Waals surface area contributed by atoms with Crippen molar-refractivity contribution in [1.29, 1.82) is 0 Å². The molecule has 2 fully saturated rings. The normalized spacial score (nSPS) is 32.1. The first kappa shape index (κ1) is 28.3. The van der Waals surface area contributed by atoms with Gasteiger partial charge in [0.15, 0.2) is 17.5 Å². The maximum Gasteiger partial charge on any atom is 0.404 e. The number of nitrogens with zero attached hydrogens (tertiary/aromatic N) is 4. The molecule has 0 bridgehead atoms. The van der Waals surface area contributed by atoms with Gasteiger partial charge in [0.25, 0.3) is 0 Å². The van der Waals surface area contributed by atoms with Crippen molar-refractivity contribution in [2.24, 2.45) is 5.16 Å². The number of benzene rings is 1. The van der Waals surface area contributed by atoms with Crippen molar-refractivity contribution in [3.63, 3.8) is 0 Å². The number of aromatic nitrogens is 3. The molecule has 1 amide bonds. The second-order valence-electron chi connectivity index (χ2n) is 10.4. The molecule has 5 rings (SSSR count). The number of amides is 1. The summed E-state index contributed by atoms with van der Waals surface area (Å²) >= 11 is 0. The first-order chi connectivity index (χ1) is 19.1. The van der Waals surface area contributed by atoms with E-state index < -0.39 is 66.2 Å². The summed E-state index contributed by atoms with van der Waals surface area (Å²) < 4.78 is 54.5. The fourth-order valence-corrected chi connectivity index (χ4v) is 5.87. The minimum Gasteiger partial charge on any atom is -0.465 e. The van der Waals surface area contributed by atoms with Crippen LogP contribution < -0.4 is 5.32 Å². The summed E-state index contributed by atoms with van der Waals surface area (Å²) in [4.78, 5) is 16.8. The number of aliphatic hydroxyl groups excluding tert-OH is 2. The number of rotatable bonds is 7. The Morgan fingerprint density at radius 3 is 2.65 bits per heavy atom. The van der Waals surface area contributed by atoms with Crippen LogP contribution in [0.25, 0.3) is 11.3 Å². The van der Waals surface area contributed by atoms with Crippen LogP contribution in [0.15, 0.2) is 23.5 Å². The number of oxime groups is 1. The summed E-state index contributed by atoms with van der Waals surface area (Å²) in [6.45, 7) is -0.519. The van der Waals surface area contributed by atoms with Gasteiger partial charge in [-0.15, -0.1) is 5.10 Å². The molecule has 40 heavy (non-hydrogen) atoms. The Morgan fingerprint density at radius 1 is 1.23 bits per heavy atom. The van der Waals surface area contributed by atoms with E-state index >= 15 is 0 Å². The van der Waals surface area contributed by atoms with Crippen LogP contribution in [0.3, 0.4) is 0 Å². The van der Waals surface area contributed by atoms with Gasteiger partial charge in [-0.25, -0.2) is 22.6 Å². The van der Waals surface area contributed by atoms with Crippen molar-refractivity contribution in [2.75, 3.05) is 13.7 Å². The summed E-state index contributed by atoms with van der Waals surface area (Å²) in [6.07, 6.45) is -0.421. The number of nitrogens with one attached hydrogen (secondary N) is 1. The topological polar surface area (TPSA) is 161 Å². The third-order valence-electron chi connectivity index (χ3n) is 7.92. The van der Waals surface area contributed by atoms with E-state index in [0.29, 0.717) is 37.8 Å². The van der Waals surface area contributed by atoms with Gasteiger partial charge in [-0.05, 0) is 37.8 Å². The van der Waals surface area contributed by atoms with Crippen LogP contribution in [0.4, 0.5) is 18.0 Å². The van der Waals surface area contributed by atoms with E-state index in [2.05, 4.69) is 20.8 Å². The van der Waals surface area contributed by atoms with E-state index in [1.807, 2.05) is 0 Å². The van der Waals surface area contributed by atoms with Crippen LogP contribution in [0.2, 0.25) is 0 Å². The molecule has 12 nitrogen and oxygen atoms in total. The summed E-state index contributed by atoms with van der Waals surface area (Å²) in [6, 6.07) is 0.729. The van der Waals surface area contributed by atoms with Crippen LogP contribution >= 0.6 is 0 Å². The number of ether oxygens (including phenoxy) is 2. The third-order valence-corrected chi connectivity index (χ3v) is 7.92. The maximum atomic E-state index is 14.4. The van der Waals surface area contributed by atoms with Gasteiger partial charge in [-0.3, -0.25) is 0 Å². The van der Waals surface area contributed by atoms with Gasteiger partial charge in [0.05, 0.1) is 24.6 Å². The molecule has 0 unspecified atom stereocenters. The molecule has 2 aromatic rings. The van der Waals surface area contributed by atoms with Crippen LogP contribution in [-0.4, -0.2) is 91.9 Å². The molecule has 1 spiro atoms. The lowest BCUT2D eigenvalue weighted by Crippen LogP contribution is -2.57. The summed E-state index contributed by atoms with van der Waals surface area (Å²) in [7, 11) is 1.41. The van der Waals surface area contributed by atoms with Gasteiger partial charge in [-0.1, -0.05) is 10.4 Å². The predicted molar refractivity (Wildman–Crippen MR) is 131 cm³/mol. The SMILES string of the molecule is CO[C@@H]1[C@@H](n2cc(-c3ccc(F)c(F)c3F)nn2)[C@@H](O)[C@@H](CO)O[C@@H]1CC1=NOC2(CCC(NC(=O)O)CC2)C1. The zero-order valence-corrected chi connectivity index (χ0v) is 21.5. The predicted octanol–water partition coefficient (Wildman–Crippen LogP) is 2.15. The number of aliphatic hydroxyl groups is 2. The maximum absolute atomic E-state index is 14.4. The number of methoxy groups -OCH3 is 1. The van der Waals surface area contributed by atoms with E-state index in [9.17, 15) is 28.2 Å². The number of carboxylic acid groups (broad SMARTS) is 1. The van der Waals surface area contributed by atoms with E-state index in [1.165, 1.54) is 18.0 Å². The molecule has 1 aromatic carbocycles. The summed E-state index contributed by atoms with van der Waals surface area (Å²) in [5.41, 5.74) is -0.252. The van der Waals surface area contributed by atoms with E-state index in [0.717, 1.165) is 12.1 Å². The van der Waals surface area contributed by atoms with Gasteiger partial charge in [0, 0.05) is 31.6 Å². The molecular weight excluding hydrogens is 539 g/mol. The smallest absolute Gasteiger partial charge is 0.404 e. The molecule has 4 N–H and O–H groups in total. The first-order valence-electron chi connectivity index (χ1n) is 12.9. The molecule has 218 valence electrons. The molecule has 1 saturated heterocycles. The quantitative estimate of drug-likeness (QED) is 0.366. The Balaban J connectivity index is 1.32. The lowest BCUT2D eigenvalue weighted by molar-refractivity contribution is -0.210. The van der Waals surface area contributed by atoms with Crippen LogP contribution in [0, 0.1) is 17.5 Å². The molecule has 0 radical (unpaired) electrons. The van der Waals surface area contributed by atoms with Crippen molar-refractivity contribution in [3.8, 4) is 11.3 Å². The highest BCUT2D eigenvalue weighted by Gasteiger charge is 2.49. The van der Waals surface area contributed by atoms with E-state index in [1.54, 1.807) is 0 Å². The highest BCUT2D eigenvalue weighted by molar-refractivity contribution is 5.86. The largest absolute Gasteiger partial charge is 0.465 e. The van der Waals surface area contributed by atoms with E-state index in [-0.39, 0.29) is 23.7 Å². The van der Waals surface area contributed by atoms with Gasteiger partial charge in [0.2, 0.25) is 0 Å². The Morgan fingerprint density at radius 2 is 1.98 bits per heavy atom. The minimum atomic E-state index is -1.64. The highest BCUT2D eigenvalue weighted by atomic mass is 19.2. The fourth-order valence-electron chi connectivity index (χ4n) is 5.87. The average molecular weight is 570 g/mol. The standard InChI is InChI=1S/C25H30F3N5O7/c1-38-23-17(8-13-9-25(40-31-13)6-4-12(5-7-25)29-24(36)37)39-18(11-34)22(35)21(23)33-10-16(30-32-33)14-2-3-15(26)20(28)19(14)27/h2-3,10,12,17-18,21-23,29,34-35H,4-9,11H2,1H3,(H,36,37)/t12?,17-,18-,21+,22+,23+,25?/m1/s1. The van der Waals surface area contributed by atoms with Crippen LogP contribution in [0.5, 0.6) is 0 Å². The Bertz CT molecular complexity index is 1270. The fraction of sp³-hybridized carbons (Fsp3) is 0.600. The number of halogens is 3. The zero-order chi connectivity index (χ0) is 28.6. The Kier molecular flexibility index (Phi) is 7.99. The molecule has 1 aliphatic carbocycles. The first-order valence-corrected chi connectivity index (χ1v) is 12.9. The lowest BCUT2D eigenvalue weighted by Gasteiger charge is -2.43. The van der Waals surface area contributed by atoms with Crippen molar-refractivity contribution in [1.82, 2.24) is 20.3 Å². The van der Waals surface area contributed by atoms with Gasteiger partial charge in [0.1, 0.15) is 35.6 Å². The van der Waals surface area contributed by atoms with Crippen LogP contribution in [-0.2, 0) is 14.3 Å². The molecule has 3 aliphatic rings. The molecule has 1 aromatic heterocycles. The zero-order valence-electron chi connectivity index (χ0n) is 21.5. The van der Waals surface area contributed by atoms with Crippen molar-refractivity contribution in [3.05, 3.63) is 35.8 Å². The molecule has 15 heteroatoms. The van der Waals surface area contributed by atoms with Crippen molar-refractivity contribution < 1.29 is 47.6 Å². The minimum absolute atomic E-state index is 0.0921. The number of carbonyl (C=O) groups is 1. The summed E-state index contributed by atoms with van der Waals surface area (Å²) in [5, 5.41) is 44.6. The monoisotopic (exact) mass is 569 g/mol. The van der Waals surface area contributed by atoms with Crippen molar-refractivity contribution in [2.45, 2.75) is 80.6 Å². The summed E-state index contributed by atoms with van der Waals surface area (Å²) in [5.74, 6) is -4.40. The van der Waals surface area contributed by atoms with Crippen molar-refractivity contribution >= 4 is 11.8 Å². The average Bonchev–Trinajstić information content (AvgIpc) is 3.56. The second kappa shape index (κ2) is 11.3. The second-order valence-corrected chi connectivity index (χ2v) is 10.4.